The van der Waals surface area contributed by atoms with E-state index >= 15 is 0 Å². The highest BCUT2D eigenvalue weighted by Crippen LogP contribution is 2.15. The predicted molar refractivity (Wildman–Crippen MR) is 79.6 cm³/mol. The van der Waals surface area contributed by atoms with Crippen LogP contribution in [0.3, 0.4) is 0 Å². The molecule has 0 unspecified atom stereocenters. The summed E-state index contributed by atoms with van der Waals surface area (Å²) in [7, 11) is 1.88. The second-order valence-corrected chi connectivity index (χ2v) is 4.58. The zero-order valence-corrected chi connectivity index (χ0v) is 11.8. The number of hydrogen-bond donors (Lipinski definition) is 2. The van der Waals surface area contributed by atoms with Gasteiger partial charge in [-0.3, -0.25) is 0 Å². The Morgan fingerprint density at radius 1 is 1.00 bits per heavy atom. The maximum atomic E-state index is 12.0. The van der Waals surface area contributed by atoms with Crippen molar-refractivity contribution in [3.8, 4) is 5.75 Å². The molecule has 0 saturated carbocycles. The Labute approximate surface area is 122 Å². The standard InChI is InChI=1S/C16H18F2N2O/c1-19-14-4-2-3-13(9-14)11-20-10-12-5-7-15(8-6-12)21-16(17)18/h2-9,16,19-20H,10-11H2,1H3. The number of benzene rings is 2. The number of hydrogen-bond acceptors (Lipinski definition) is 3. The first-order valence-electron chi connectivity index (χ1n) is 6.68. The van der Waals surface area contributed by atoms with Crippen LogP contribution in [-0.4, -0.2) is 13.7 Å². The minimum absolute atomic E-state index is 0.176. The molecule has 112 valence electrons. The molecule has 0 radical (unpaired) electrons. The average Bonchev–Trinajstić information content (AvgIpc) is 2.49. The maximum absolute atomic E-state index is 12.0. The summed E-state index contributed by atoms with van der Waals surface area (Å²) in [5, 5.41) is 6.41. The van der Waals surface area contributed by atoms with Crippen molar-refractivity contribution in [1.29, 1.82) is 0 Å². The fourth-order valence-corrected chi connectivity index (χ4v) is 1.98. The van der Waals surface area contributed by atoms with Crippen LogP contribution in [0.5, 0.6) is 5.75 Å². The smallest absolute Gasteiger partial charge is 0.387 e. The Morgan fingerprint density at radius 3 is 2.38 bits per heavy atom. The van der Waals surface area contributed by atoms with E-state index in [-0.39, 0.29) is 5.75 Å². The number of halogens is 2. The quantitative estimate of drug-likeness (QED) is 0.817. The van der Waals surface area contributed by atoms with E-state index in [0.717, 1.165) is 17.8 Å². The largest absolute Gasteiger partial charge is 0.435 e. The van der Waals surface area contributed by atoms with Crippen LogP contribution in [-0.2, 0) is 13.1 Å². The first-order chi connectivity index (χ1) is 10.2. The Bertz CT molecular complexity index is 558. The monoisotopic (exact) mass is 292 g/mol. The van der Waals surface area contributed by atoms with Crippen molar-refractivity contribution in [2.45, 2.75) is 19.7 Å². The summed E-state index contributed by atoms with van der Waals surface area (Å²) in [6.45, 7) is -1.38. The zero-order valence-electron chi connectivity index (χ0n) is 11.8. The molecule has 21 heavy (non-hydrogen) atoms. The van der Waals surface area contributed by atoms with Crippen molar-refractivity contribution >= 4 is 5.69 Å². The van der Waals surface area contributed by atoms with Crippen LogP contribution in [0, 0.1) is 0 Å². The van der Waals surface area contributed by atoms with Crippen LogP contribution < -0.4 is 15.4 Å². The molecule has 0 aliphatic rings. The molecule has 5 heteroatoms. The van der Waals surface area contributed by atoms with E-state index < -0.39 is 6.61 Å². The van der Waals surface area contributed by atoms with E-state index in [1.54, 1.807) is 24.3 Å². The molecular formula is C16H18F2N2O. The van der Waals surface area contributed by atoms with E-state index in [2.05, 4.69) is 21.4 Å². The van der Waals surface area contributed by atoms with Crippen molar-refractivity contribution in [3.63, 3.8) is 0 Å². The van der Waals surface area contributed by atoms with E-state index in [1.165, 1.54) is 5.56 Å². The van der Waals surface area contributed by atoms with E-state index in [1.807, 2.05) is 25.2 Å². The molecule has 0 aromatic heterocycles. The highest BCUT2D eigenvalue weighted by molar-refractivity contribution is 5.44. The maximum Gasteiger partial charge on any atom is 0.387 e. The van der Waals surface area contributed by atoms with Gasteiger partial charge >= 0.3 is 6.61 Å². The van der Waals surface area contributed by atoms with Crippen LogP contribution in [0.1, 0.15) is 11.1 Å². The lowest BCUT2D eigenvalue weighted by atomic mass is 10.2. The van der Waals surface area contributed by atoms with Crippen LogP contribution in [0.25, 0.3) is 0 Å². The van der Waals surface area contributed by atoms with Gasteiger partial charge in [0.2, 0.25) is 0 Å². The van der Waals surface area contributed by atoms with Gasteiger partial charge in [0.1, 0.15) is 5.75 Å². The summed E-state index contributed by atoms with van der Waals surface area (Å²) in [5.74, 6) is 0.176. The van der Waals surface area contributed by atoms with E-state index in [0.29, 0.717) is 6.54 Å². The molecule has 0 spiro atoms. The highest BCUT2D eigenvalue weighted by atomic mass is 19.3. The third-order valence-electron chi connectivity index (χ3n) is 3.02. The van der Waals surface area contributed by atoms with Gasteiger partial charge in [0, 0.05) is 25.8 Å². The minimum Gasteiger partial charge on any atom is -0.435 e. The molecule has 2 aromatic rings. The second kappa shape index (κ2) is 7.59. The van der Waals surface area contributed by atoms with E-state index in [4.69, 9.17) is 0 Å². The van der Waals surface area contributed by atoms with Crippen molar-refractivity contribution in [3.05, 3.63) is 59.7 Å². The first kappa shape index (κ1) is 15.3. The summed E-state index contributed by atoms with van der Waals surface area (Å²) >= 11 is 0. The summed E-state index contributed by atoms with van der Waals surface area (Å²) in [6, 6.07) is 14.8. The van der Waals surface area contributed by atoms with Gasteiger partial charge in [0.05, 0.1) is 0 Å². The van der Waals surface area contributed by atoms with Gasteiger partial charge in [-0.1, -0.05) is 24.3 Å². The van der Waals surface area contributed by atoms with Crippen molar-refractivity contribution in [2.24, 2.45) is 0 Å². The normalized spacial score (nSPS) is 10.7. The predicted octanol–water partition coefficient (Wildman–Crippen LogP) is 3.62. The topological polar surface area (TPSA) is 33.3 Å². The average molecular weight is 292 g/mol. The lowest BCUT2D eigenvalue weighted by Crippen LogP contribution is -2.12. The fourth-order valence-electron chi connectivity index (χ4n) is 1.98. The number of anilines is 1. The summed E-state index contributed by atoms with van der Waals surface area (Å²) < 4.78 is 28.4. The van der Waals surface area contributed by atoms with Gasteiger partial charge in [0.15, 0.2) is 0 Å². The SMILES string of the molecule is CNc1cccc(CNCc2ccc(OC(F)F)cc2)c1. The summed E-state index contributed by atoms with van der Waals surface area (Å²) in [5.41, 5.74) is 3.27. The molecule has 2 N–H and O–H groups in total. The van der Waals surface area contributed by atoms with Gasteiger partial charge < -0.3 is 15.4 Å². The molecule has 0 aliphatic carbocycles. The van der Waals surface area contributed by atoms with Gasteiger partial charge in [-0.25, -0.2) is 0 Å². The van der Waals surface area contributed by atoms with Crippen LogP contribution >= 0.6 is 0 Å². The molecule has 0 saturated heterocycles. The molecule has 3 nitrogen and oxygen atoms in total. The molecule has 0 amide bonds. The van der Waals surface area contributed by atoms with Crippen molar-refractivity contribution in [2.75, 3.05) is 12.4 Å². The summed E-state index contributed by atoms with van der Waals surface area (Å²) in [6.07, 6.45) is 0. The number of alkyl halides is 2. The molecular weight excluding hydrogens is 274 g/mol. The Balaban J connectivity index is 1.82. The molecule has 0 aliphatic heterocycles. The van der Waals surface area contributed by atoms with Crippen LogP contribution in [0.15, 0.2) is 48.5 Å². The minimum atomic E-state index is -2.78. The molecule has 0 bridgehead atoms. The fraction of sp³-hybridized carbons (Fsp3) is 0.250. The Morgan fingerprint density at radius 2 is 1.71 bits per heavy atom. The molecule has 0 atom stereocenters. The summed E-state index contributed by atoms with van der Waals surface area (Å²) in [4.78, 5) is 0. The zero-order chi connectivity index (χ0) is 15.1. The van der Waals surface area contributed by atoms with E-state index in [9.17, 15) is 8.78 Å². The molecule has 2 aromatic carbocycles. The number of ether oxygens (including phenoxy) is 1. The van der Waals surface area contributed by atoms with Crippen molar-refractivity contribution in [1.82, 2.24) is 5.32 Å². The van der Waals surface area contributed by atoms with Crippen molar-refractivity contribution < 1.29 is 13.5 Å². The van der Waals surface area contributed by atoms with Gasteiger partial charge in [-0.05, 0) is 35.4 Å². The van der Waals surface area contributed by atoms with Gasteiger partial charge in [0.25, 0.3) is 0 Å². The number of rotatable bonds is 7. The molecule has 0 fully saturated rings. The van der Waals surface area contributed by atoms with Gasteiger partial charge in [-0.15, -0.1) is 0 Å². The van der Waals surface area contributed by atoms with Crippen LogP contribution in [0.4, 0.5) is 14.5 Å². The third-order valence-corrected chi connectivity index (χ3v) is 3.02. The lowest BCUT2D eigenvalue weighted by molar-refractivity contribution is -0.0498. The third kappa shape index (κ3) is 5.04. The Kier molecular flexibility index (Phi) is 5.51. The first-order valence-corrected chi connectivity index (χ1v) is 6.68. The molecule has 0 heterocycles. The molecule has 2 rings (SSSR count). The lowest BCUT2D eigenvalue weighted by Gasteiger charge is -2.08. The Hall–Kier alpha value is -2.14. The second-order valence-electron chi connectivity index (χ2n) is 4.58. The number of nitrogens with one attached hydrogen (secondary N) is 2. The van der Waals surface area contributed by atoms with Crippen LogP contribution in [0.2, 0.25) is 0 Å². The highest BCUT2D eigenvalue weighted by Gasteiger charge is 2.03. The van der Waals surface area contributed by atoms with Gasteiger partial charge in [-0.2, -0.15) is 8.78 Å².